The van der Waals surface area contributed by atoms with Crippen LogP contribution in [0.4, 0.5) is 10.2 Å². The van der Waals surface area contributed by atoms with Crippen molar-refractivity contribution in [2.45, 2.75) is 38.1 Å². The average Bonchev–Trinajstić information content (AvgIpc) is 2.54. The molecule has 0 atom stereocenters. The first-order valence-corrected chi connectivity index (χ1v) is 7.66. The minimum Gasteiger partial charge on any atom is -0.360 e. The summed E-state index contributed by atoms with van der Waals surface area (Å²) in [6.07, 6.45) is 7.00. The summed E-state index contributed by atoms with van der Waals surface area (Å²) in [4.78, 5) is 20.0. The lowest BCUT2D eigenvalue weighted by Crippen LogP contribution is -2.39. The van der Waals surface area contributed by atoms with Gasteiger partial charge in [0.2, 0.25) is 5.91 Å². The van der Waals surface area contributed by atoms with Crippen molar-refractivity contribution in [1.29, 1.82) is 0 Å². The Hall–Kier alpha value is -2.24. The van der Waals surface area contributed by atoms with Crippen LogP contribution in [-0.2, 0) is 4.79 Å². The van der Waals surface area contributed by atoms with Gasteiger partial charge in [0.15, 0.2) is 0 Å². The average molecular weight is 302 g/mol. The van der Waals surface area contributed by atoms with E-state index in [4.69, 9.17) is 0 Å². The number of amides is 1. The lowest BCUT2D eigenvalue weighted by molar-refractivity contribution is -0.120. The summed E-state index contributed by atoms with van der Waals surface area (Å²) in [5, 5.41) is 6.58. The highest BCUT2D eigenvalue weighted by Crippen LogP contribution is 2.21. The van der Waals surface area contributed by atoms with E-state index in [1.807, 2.05) is 0 Å². The first-order chi connectivity index (χ1) is 10.7. The number of carbonyl (C=O) groups excluding carboxylic acids is 1. The Morgan fingerprint density at radius 2 is 2.05 bits per heavy atom. The van der Waals surface area contributed by atoms with Crippen molar-refractivity contribution in [1.82, 2.24) is 15.3 Å². The fourth-order valence-electron chi connectivity index (χ4n) is 2.88. The Balaban J connectivity index is 1.64. The molecule has 116 valence electrons. The molecule has 0 bridgehead atoms. The molecule has 1 aromatic heterocycles. The molecular formula is C16H19FN4O. The SMILES string of the molecule is O=C(CNc1ncnc2c(F)cccc12)NC1CCCCC1. The molecule has 22 heavy (non-hydrogen) atoms. The van der Waals surface area contributed by atoms with E-state index in [-0.39, 0.29) is 24.0 Å². The van der Waals surface area contributed by atoms with E-state index >= 15 is 0 Å². The Bertz CT molecular complexity index is 670. The van der Waals surface area contributed by atoms with Gasteiger partial charge in [0.05, 0.1) is 6.54 Å². The molecule has 0 radical (unpaired) electrons. The molecule has 1 saturated carbocycles. The van der Waals surface area contributed by atoms with Crippen molar-refractivity contribution < 1.29 is 9.18 Å². The van der Waals surface area contributed by atoms with Crippen molar-refractivity contribution >= 4 is 22.6 Å². The predicted octanol–water partition coefficient (Wildman–Crippen LogP) is 2.63. The molecule has 1 fully saturated rings. The topological polar surface area (TPSA) is 66.9 Å². The van der Waals surface area contributed by atoms with Gasteiger partial charge in [0.1, 0.15) is 23.5 Å². The van der Waals surface area contributed by atoms with E-state index in [0.717, 1.165) is 12.8 Å². The normalized spacial score (nSPS) is 15.7. The third-order valence-electron chi connectivity index (χ3n) is 4.00. The van der Waals surface area contributed by atoms with Gasteiger partial charge in [0, 0.05) is 11.4 Å². The van der Waals surface area contributed by atoms with Gasteiger partial charge in [-0.15, -0.1) is 0 Å². The Morgan fingerprint density at radius 1 is 1.23 bits per heavy atom. The summed E-state index contributed by atoms with van der Waals surface area (Å²) >= 11 is 0. The second-order valence-corrected chi connectivity index (χ2v) is 5.61. The van der Waals surface area contributed by atoms with Crippen LogP contribution in [0.5, 0.6) is 0 Å². The van der Waals surface area contributed by atoms with Crippen LogP contribution in [0.3, 0.4) is 0 Å². The van der Waals surface area contributed by atoms with Gasteiger partial charge < -0.3 is 10.6 Å². The summed E-state index contributed by atoms with van der Waals surface area (Å²) in [7, 11) is 0. The number of halogens is 1. The summed E-state index contributed by atoms with van der Waals surface area (Å²) < 4.78 is 13.7. The maximum Gasteiger partial charge on any atom is 0.239 e. The molecule has 1 amide bonds. The van der Waals surface area contributed by atoms with E-state index in [1.54, 1.807) is 12.1 Å². The van der Waals surface area contributed by atoms with E-state index in [0.29, 0.717) is 11.2 Å². The number of fused-ring (bicyclic) bond motifs is 1. The molecule has 0 unspecified atom stereocenters. The highest BCUT2D eigenvalue weighted by molar-refractivity contribution is 5.91. The molecular weight excluding hydrogens is 283 g/mol. The summed E-state index contributed by atoms with van der Waals surface area (Å²) in [6, 6.07) is 4.98. The zero-order chi connectivity index (χ0) is 15.4. The summed E-state index contributed by atoms with van der Waals surface area (Å²) in [5.74, 6) is 0.0213. The van der Waals surface area contributed by atoms with Crippen molar-refractivity contribution in [2.24, 2.45) is 0 Å². The highest BCUT2D eigenvalue weighted by atomic mass is 19.1. The number of carbonyl (C=O) groups is 1. The number of rotatable bonds is 4. The lowest BCUT2D eigenvalue weighted by Gasteiger charge is -2.22. The number of nitrogens with one attached hydrogen (secondary N) is 2. The Morgan fingerprint density at radius 3 is 2.86 bits per heavy atom. The molecule has 1 heterocycles. The number of hydrogen-bond donors (Lipinski definition) is 2. The standard InChI is InChI=1S/C16H19FN4O/c17-13-8-4-7-12-15(13)19-10-20-16(12)18-9-14(22)21-11-5-2-1-3-6-11/h4,7-8,10-11H,1-3,5-6,9H2,(H,21,22)(H,18,19,20). The monoisotopic (exact) mass is 302 g/mol. The first kappa shape index (κ1) is 14.7. The summed E-state index contributed by atoms with van der Waals surface area (Å²) in [5.41, 5.74) is 0.257. The van der Waals surface area contributed by atoms with Crippen molar-refractivity contribution in [3.8, 4) is 0 Å². The molecule has 6 heteroatoms. The van der Waals surface area contributed by atoms with Gasteiger partial charge in [-0.05, 0) is 25.0 Å². The van der Waals surface area contributed by atoms with E-state index in [2.05, 4.69) is 20.6 Å². The van der Waals surface area contributed by atoms with E-state index < -0.39 is 5.82 Å². The van der Waals surface area contributed by atoms with E-state index in [1.165, 1.54) is 31.7 Å². The molecule has 2 aromatic rings. The zero-order valence-electron chi connectivity index (χ0n) is 12.3. The third kappa shape index (κ3) is 3.32. The van der Waals surface area contributed by atoms with Crippen LogP contribution >= 0.6 is 0 Å². The molecule has 1 aromatic carbocycles. The molecule has 2 N–H and O–H groups in total. The van der Waals surface area contributed by atoms with Crippen molar-refractivity contribution in [3.63, 3.8) is 0 Å². The van der Waals surface area contributed by atoms with Crippen LogP contribution in [0.25, 0.3) is 10.9 Å². The molecule has 0 saturated heterocycles. The fraction of sp³-hybridized carbons (Fsp3) is 0.438. The lowest BCUT2D eigenvalue weighted by atomic mass is 9.95. The molecule has 1 aliphatic carbocycles. The molecule has 0 aliphatic heterocycles. The van der Waals surface area contributed by atoms with Gasteiger partial charge in [-0.25, -0.2) is 14.4 Å². The fourth-order valence-corrected chi connectivity index (χ4v) is 2.88. The molecule has 1 aliphatic rings. The number of nitrogens with zero attached hydrogens (tertiary/aromatic N) is 2. The summed E-state index contributed by atoms with van der Waals surface area (Å²) in [6.45, 7) is 0.124. The van der Waals surface area contributed by atoms with Gasteiger partial charge in [-0.3, -0.25) is 4.79 Å². The molecule has 0 spiro atoms. The number of benzene rings is 1. The number of anilines is 1. The van der Waals surface area contributed by atoms with Crippen LogP contribution in [-0.4, -0.2) is 28.5 Å². The number of aromatic nitrogens is 2. The molecule has 5 nitrogen and oxygen atoms in total. The Kier molecular flexibility index (Phi) is 4.46. The van der Waals surface area contributed by atoms with Crippen LogP contribution in [0.2, 0.25) is 0 Å². The van der Waals surface area contributed by atoms with Crippen LogP contribution in [0.15, 0.2) is 24.5 Å². The largest absolute Gasteiger partial charge is 0.360 e. The van der Waals surface area contributed by atoms with Crippen LogP contribution in [0.1, 0.15) is 32.1 Å². The molecule has 3 rings (SSSR count). The zero-order valence-corrected chi connectivity index (χ0v) is 12.3. The highest BCUT2D eigenvalue weighted by Gasteiger charge is 2.16. The third-order valence-corrected chi connectivity index (χ3v) is 4.00. The van der Waals surface area contributed by atoms with Gasteiger partial charge in [0.25, 0.3) is 0 Å². The first-order valence-electron chi connectivity index (χ1n) is 7.66. The van der Waals surface area contributed by atoms with Crippen molar-refractivity contribution in [2.75, 3.05) is 11.9 Å². The minimum atomic E-state index is -0.394. The van der Waals surface area contributed by atoms with Crippen molar-refractivity contribution in [3.05, 3.63) is 30.3 Å². The van der Waals surface area contributed by atoms with Gasteiger partial charge >= 0.3 is 0 Å². The van der Waals surface area contributed by atoms with Crippen LogP contribution < -0.4 is 10.6 Å². The predicted molar refractivity (Wildman–Crippen MR) is 83.0 cm³/mol. The minimum absolute atomic E-state index is 0.0601. The quantitative estimate of drug-likeness (QED) is 0.911. The smallest absolute Gasteiger partial charge is 0.239 e. The second kappa shape index (κ2) is 6.68. The van der Waals surface area contributed by atoms with E-state index in [9.17, 15) is 9.18 Å². The van der Waals surface area contributed by atoms with Gasteiger partial charge in [-0.2, -0.15) is 0 Å². The second-order valence-electron chi connectivity index (χ2n) is 5.61. The maximum atomic E-state index is 13.7. The Labute approximate surface area is 128 Å². The maximum absolute atomic E-state index is 13.7. The number of hydrogen-bond acceptors (Lipinski definition) is 4. The number of para-hydroxylation sites is 1. The van der Waals surface area contributed by atoms with Crippen LogP contribution in [0, 0.1) is 5.82 Å². The van der Waals surface area contributed by atoms with Gasteiger partial charge in [-0.1, -0.05) is 25.3 Å².